The van der Waals surface area contributed by atoms with Crippen molar-refractivity contribution in [2.45, 2.75) is 59.1 Å². The third-order valence-corrected chi connectivity index (χ3v) is 3.34. The van der Waals surface area contributed by atoms with E-state index in [1.165, 1.54) is 6.42 Å². The maximum absolute atomic E-state index is 12.0. The summed E-state index contributed by atoms with van der Waals surface area (Å²) >= 11 is 0. The van der Waals surface area contributed by atoms with Crippen molar-refractivity contribution in [3.05, 3.63) is 0 Å². The van der Waals surface area contributed by atoms with Gasteiger partial charge in [0, 0.05) is 19.1 Å². The molecule has 0 unspecified atom stereocenters. The first kappa shape index (κ1) is 15.3. The van der Waals surface area contributed by atoms with Crippen LogP contribution in [0.3, 0.4) is 0 Å². The van der Waals surface area contributed by atoms with Crippen molar-refractivity contribution in [3.63, 3.8) is 0 Å². The highest BCUT2D eigenvalue weighted by atomic mass is 16.6. The fourth-order valence-corrected chi connectivity index (χ4v) is 2.40. The van der Waals surface area contributed by atoms with Crippen molar-refractivity contribution < 1.29 is 9.53 Å². The van der Waals surface area contributed by atoms with Gasteiger partial charge in [-0.3, -0.25) is 0 Å². The van der Waals surface area contributed by atoms with Gasteiger partial charge >= 0.3 is 6.09 Å². The van der Waals surface area contributed by atoms with E-state index in [1.807, 2.05) is 25.7 Å². The van der Waals surface area contributed by atoms with Gasteiger partial charge in [-0.15, -0.1) is 0 Å². The second-order valence-corrected chi connectivity index (χ2v) is 6.18. The number of ether oxygens (including phenoxy) is 1. The third-order valence-electron chi connectivity index (χ3n) is 3.34. The summed E-state index contributed by atoms with van der Waals surface area (Å²) in [7, 11) is 0. The second-order valence-electron chi connectivity index (χ2n) is 6.18. The van der Waals surface area contributed by atoms with Crippen molar-refractivity contribution in [1.82, 2.24) is 10.2 Å². The summed E-state index contributed by atoms with van der Waals surface area (Å²) in [5, 5.41) is 3.44. The number of piperidine rings is 1. The predicted octanol–water partition coefficient (Wildman–Crippen LogP) is 2.63. The highest BCUT2D eigenvalue weighted by Crippen LogP contribution is 2.21. The Morgan fingerprint density at radius 3 is 2.72 bits per heavy atom. The molecule has 0 radical (unpaired) electrons. The summed E-state index contributed by atoms with van der Waals surface area (Å²) in [5.41, 5.74) is -0.405. The molecular formula is C14H28N2O2. The molecule has 0 bridgehead atoms. The lowest BCUT2D eigenvalue weighted by Crippen LogP contribution is -2.47. The molecule has 4 heteroatoms. The van der Waals surface area contributed by atoms with Crippen LogP contribution in [0.25, 0.3) is 0 Å². The Labute approximate surface area is 111 Å². The number of nitrogens with zero attached hydrogens (tertiary/aromatic N) is 1. The quantitative estimate of drug-likeness (QED) is 0.844. The average Bonchev–Trinajstić information content (AvgIpc) is 2.27. The topological polar surface area (TPSA) is 41.6 Å². The van der Waals surface area contributed by atoms with Gasteiger partial charge in [-0.05, 0) is 53.0 Å². The highest BCUT2D eigenvalue weighted by molar-refractivity contribution is 5.68. The van der Waals surface area contributed by atoms with Gasteiger partial charge < -0.3 is 15.0 Å². The number of hydrogen-bond donors (Lipinski definition) is 1. The Bertz CT molecular complexity index is 273. The van der Waals surface area contributed by atoms with Gasteiger partial charge in [-0.25, -0.2) is 4.79 Å². The van der Waals surface area contributed by atoms with Crippen molar-refractivity contribution in [2.75, 3.05) is 19.6 Å². The molecule has 18 heavy (non-hydrogen) atoms. The van der Waals surface area contributed by atoms with Crippen molar-refractivity contribution >= 4 is 6.09 Å². The van der Waals surface area contributed by atoms with E-state index >= 15 is 0 Å². The Hall–Kier alpha value is -0.770. The molecule has 1 aliphatic rings. The molecule has 1 heterocycles. The second kappa shape index (κ2) is 6.41. The highest BCUT2D eigenvalue weighted by Gasteiger charge is 2.29. The molecule has 1 aliphatic heterocycles. The van der Waals surface area contributed by atoms with Gasteiger partial charge in [0.15, 0.2) is 0 Å². The van der Waals surface area contributed by atoms with Gasteiger partial charge in [0.25, 0.3) is 0 Å². The molecule has 0 aromatic rings. The van der Waals surface area contributed by atoms with Crippen molar-refractivity contribution in [3.8, 4) is 0 Å². The van der Waals surface area contributed by atoms with Crippen LogP contribution in [0.2, 0.25) is 0 Å². The van der Waals surface area contributed by atoms with Gasteiger partial charge in [-0.1, -0.05) is 6.92 Å². The van der Waals surface area contributed by atoms with Gasteiger partial charge in [0.05, 0.1) is 0 Å². The summed E-state index contributed by atoms with van der Waals surface area (Å²) in [4.78, 5) is 13.9. The lowest BCUT2D eigenvalue weighted by atomic mass is 9.92. The molecule has 4 nitrogen and oxygen atoms in total. The Balaban J connectivity index is 2.50. The van der Waals surface area contributed by atoms with E-state index in [2.05, 4.69) is 19.2 Å². The monoisotopic (exact) mass is 256 g/mol. The van der Waals surface area contributed by atoms with Crippen molar-refractivity contribution in [2.24, 2.45) is 5.92 Å². The molecule has 1 rings (SSSR count). The Kier molecular flexibility index (Phi) is 5.45. The van der Waals surface area contributed by atoms with Gasteiger partial charge in [0.2, 0.25) is 0 Å². The van der Waals surface area contributed by atoms with Crippen LogP contribution < -0.4 is 5.32 Å². The number of likely N-dealkylation sites (tertiary alicyclic amines) is 1. The first-order valence-electron chi connectivity index (χ1n) is 7.04. The number of rotatable bonds is 3. The van der Waals surface area contributed by atoms with Crippen LogP contribution in [0.1, 0.15) is 47.5 Å². The zero-order valence-corrected chi connectivity index (χ0v) is 12.5. The van der Waals surface area contributed by atoms with Crippen LogP contribution in [0, 0.1) is 5.92 Å². The molecule has 0 saturated carbocycles. The van der Waals surface area contributed by atoms with E-state index in [-0.39, 0.29) is 6.09 Å². The largest absolute Gasteiger partial charge is 0.444 e. The number of hydrogen-bond acceptors (Lipinski definition) is 3. The fourth-order valence-electron chi connectivity index (χ4n) is 2.40. The summed E-state index contributed by atoms with van der Waals surface area (Å²) < 4.78 is 5.43. The standard InChI is InChI=1S/C14H28N2O2/c1-6-15-11(2)12-8-7-9-16(10-12)13(17)18-14(3,4)5/h11-12,15H,6-10H2,1-5H3/t11-,12-/m1/s1. The molecule has 106 valence electrons. The minimum absolute atomic E-state index is 0.170. The lowest BCUT2D eigenvalue weighted by molar-refractivity contribution is 0.0149. The molecule has 1 fully saturated rings. The minimum Gasteiger partial charge on any atom is -0.444 e. The average molecular weight is 256 g/mol. The van der Waals surface area contributed by atoms with E-state index in [1.54, 1.807) is 0 Å². The molecule has 2 atom stereocenters. The van der Waals surface area contributed by atoms with E-state index in [0.29, 0.717) is 12.0 Å². The molecule has 0 aliphatic carbocycles. The molecule has 1 saturated heterocycles. The van der Waals surface area contributed by atoms with E-state index < -0.39 is 5.60 Å². The van der Waals surface area contributed by atoms with Crippen LogP contribution in [0.4, 0.5) is 4.79 Å². The minimum atomic E-state index is -0.405. The maximum atomic E-state index is 12.0. The van der Waals surface area contributed by atoms with Crippen molar-refractivity contribution in [1.29, 1.82) is 0 Å². The maximum Gasteiger partial charge on any atom is 0.410 e. The smallest absolute Gasteiger partial charge is 0.410 e. The van der Waals surface area contributed by atoms with Gasteiger partial charge in [-0.2, -0.15) is 0 Å². The SMILES string of the molecule is CCN[C@H](C)[C@@H]1CCCN(C(=O)OC(C)(C)C)C1. The normalized spacial score (nSPS) is 22.7. The summed E-state index contributed by atoms with van der Waals surface area (Å²) in [6.45, 7) is 12.7. The van der Waals surface area contributed by atoms with E-state index in [9.17, 15) is 4.79 Å². The van der Waals surface area contributed by atoms with E-state index in [0.717, 1.165) is 26.1 Å². The first-order chi connectivity index (χ1) is 8.33. The summed E-state index contributed by atoms with van der Waals surface area (Å²) in [6.07, 6.45) is 2.09. The Morgan fingerprint density at radius 1 is 1.50 bits per heavy atom. The van der Waals surface area contributed by atoms with Crippen LogP contribution in [0.15, 0.2) is 0 Å². The first-order valence-corrected chi connectivity index (χ1v) is 7.04. The van der Waals surface area contributed by atoms with Crippen LogP contribution in [-0.2, 0) is 4.74 Å². The predicted molar refractivity (Wildman–Crippen MR) is 73.7 cm³/mol. The number of carbonyl (C=O) groups excluding carboxylic acids is 1. The molecule has 0 spiro atoms. The van der Waals surface area contributed by atoms with Crippen LogP contribution in [-0.4, -0.2) is 42.3 Å². The van der Waals surface area contributed by atoms with Crippen LogP contribution in [0.5, 0.6) is 0 Å². The summed E-state index contributed by atoms with van der Waals surface area (Å²) in [5.74, 6) is 0.534. The zero-order valence-electron chi connectivity index (χ0n) is 12.5. The molecule has 0 aromatic carbocycles. The Morgan fingerprint density at radius 2 is 2.17 bits per heavy atom. The zero-order chi connectivity index (χ0) is 13.8. The van der Waals surface area contributed by atoms with Gasteiger partial charge in [0.1, 0.15) is 5.60 Å². The molecule has 1 amide bonds. The number of amides is 1. The summed E-state index contributed by atoms with van der Waals surface area (Å²) in [6, 6.07) is 0.459. The van der Waals surface area contributed by atoms with E-state index in [4.69, 9.17) is 4.74 Å². The number of carbonyl (C=O) groups is 1. The van der Waals surface area contributed by atoms with Crippen LogP contribution >= 0.6 is 0 Å². The lowest BCUT2D eigenvalue weighted by Gasteiger charge is -2.36. The fraction of sp³-hybridized carbons (Fsp3) is 0.929. The molecular weight excluding hydrogens is 228 g/mol. The number of nitrogens with one attached hydrogen (secondary N) is 1. The molecule has 0 aromatic heterocycles. The third kappa shape index (κ3) is 4.84. The molecule has 1 N–H and O–H groups in total.